The summed E-state index contributed by atoms with van der Waals surface area (Å²) in [4.78, 5) is 0. The summed E-state index contributed by atoms with van der Waals surface area (Å²) < 4.78 is 48.5. The molecule has 0 spiro atoms. The van der Waals surface area contributed by atoms with Gasteiger partial charge in [0, 0.05) is 19.6 Å². The quantitative estimate of drug-likeness (QED) is 0.821. The van der Waals surface area contributed by atoms with Gasteiger partial charge in [0.05, 0.1) is 11.5 Å². The van der Waals surface area contributed by atoms with Crippen molar-refractivity contribution < 1.29 is 16.8 Å². The maximum absolute atomic E-state index is 12.2. The Morgan fingerprint density at radius 1 is 1.33 bits per heavy atom. The summed E-state index contributed by atoms with van der Waals surface area (Å²) in [6, 6.07) is 1.54. The van der Waals surface area contributed by atoms with Crippen molar-refractivity contribution in [1.29, 1.82) is 0 Å². The second-order valence-electron chi connectivity index (χ2n) is 4.03. The Bertz CT molecular complexity index is 619. The largest absolute Gasteiger partial charge is 0.326 e. The average Bonchev–Trinajstić information content (AvgIpc) is 2.77. The van der Waals surface area contributed by atoms with Gasteiger partial charge in [0.25, 0.3) is 10.0 Å². The van der Waals surface area contributed by atoms with Crippen molar-refractivity contribution in [2.75, 3.05) is 24.6 Å². The fourth-order valence-electron chi connectivity index (χ4n) is 1.66. The number of rotatable bonds is 3. The summed E-state index contributed by atoms with van der Waals surface area (Å²) in [6.07, 6.45) is 0. The number of hydrogen-bond acceptors (Lipinski definition) is 6. The van der Waals surface area contributed by atoms with Gasteiger partial charge >= 0.3 is 0 Å². The molecule has 9 heteroatoms. The number of sulfonamides is 1. The number of nitrogens with two attached hydrogens (primary N) is 1. The lowest BCUT2D eigenvalue weighted by Crippen LogP contribution is -2.43. The second kappa shape index (κ2) is 4.89. The van der Waals surface area contributed by atoms with Crippen LogP contribution in [0.2, 0.25) is 0 Å². The first-order chi connectivity index (χ1) is 8.35. The highest BCUT2D eigenvalue weighted by Crippen LogP contribution is 2.24. The number of sulfone groups is 1. The predicted octanol–water partition coefficient (Wildman–Crippen LogP) is -0.374. The molecule has 1 aliphatic rings. The molecule has 6 nitrogen and oxygen atoms in total. The van der Waals surface area contributed by atoms with E-state index in [4.69, 9.17) is 5.73 Å². The highest BCUT2D eigenvalue weighted by atomic mass is 32.2. The third-order valence-corrected chi connectivity index (χ3v) is 7.73. The summed E-state index contributed by atoms with van der Waals surface area (Å²) in [5, 5.41) is 1.70. The Morgan fingerprint density at radius 2 is 1.94 bits per heavy atom. The van der Waals surface area contributed by atoms with Crippen molar-refractivity contribution in [2.45, 2.75) is 10.8 Å². The van der Waals surface area contributed by atoms with Gasteiger partial charge in [-0.1, -0.05) is 0 Å². The van der Waals surface area contributed by atoms with Crippen molar-refractivity contribution in [3.8, 4) is 0 Å². The SMILES string of the molecule is NCc1csc(S(=O)(=O)N2CCS(=O)(=O)CC2)c1. The molecule has 0 aromatic carbocycles. The lowest BCUT2D eigenvalue weighted by atomic mass is 10.4. The molecule has 0 bridgehead atoms. The monoisotopic (exact) mass is 310 g/mol. The van der Waals surface area contributed by atoms with E-state index in [1.54, 1.807) is 11.4 Å². The van der Waals surface area contributed by atoms with Gasteiger partial charge in [-0.25, -0.2) is 16.8 Å². The maximum Gasteiger partial charge on any atom is 0.252 e. The zero-order valence-corrected chi connectivity index (χ0v) is 12.0. The van der Waals surface area contributed by atoms with Crippen LogP contribution in [0.5, 0.6) is 0 Å². The fourth-order valence-corrected chi connectivity index (χ4v) is 5.91. The minimum Gasteiger partial charge on any atom is -0.326 e. The predicted molar refractivity (Wildman–Crippen MR) is 69.6 cm³/mol. The molecule has 1 saturated heterocycles. The molecule has 1 aromatic rings. The summed E-state index contributed by atoms with van der Waals surface area (Å²) in [5.41, 5.74) is 6.21. The van der Waals surface area contributed by atoms with E-state index in [-0.39, 0.29) is 28.8 Å². The molecule has 1 aliphatic heterocycles. The minimum absolute atomic E-state index is 0.0283. The first-order valence-electron chi connectivity index (χ1n) is 5.33. The van der Waals surface area contributed by atoms with Gasteiger partial charge in [-0.15, -0.1) is 11.3 Å². The molecule has 0 atom stereocenters. The molecule has 0 radical (unpaired) electrons. The van der Waals surface area contributed by atoms with Crippen molar-refractivity contribution in [1.82, 2.24) is 4.31 Å². The van der Waals surface area contributed by atoms with Crippen molar-refractivity contribution in [3.05, 3.63) is 17.0 Å². The lowest BCUT2D eigenvalue weighted by Gasteiger charge is -2.25. The van der Waals surface area contributed by atoms with E-state index in [0.717, 1.165) is 16.9 Å². The molecule has 1 fully saturated rings. The Balaban J connectivity index is 2.22. The molecule has 2 rings (SSSR count). The molecule has 1 aromatic heterocycles. The minimum atomic E-state index is -3.57. The number of thiophene rings is 1. The lowest BCUT2D eigenvalue weighted by molar-refractivity contribution is 0.432. The van der Waals surface area contributed by atoms with Crippen LogP contribution < -0.4 is 5.73 Å². The van der Waals surface area contributed by atoms with Crippen molar-refractivity contribution in [3.63, 3.8) is 0 Å². The van der Waals surface area contributed by atoms with Gasteiger partial charge in [0.2, 0.25) is 0 Å². The molecule has 0 aliphatic carbocycles. The topological polar surface area (TPSA) is 97.5 Å². The van der Waals surface area contributed by atoms with E-state index in [1.165, 1.54) is 4.31 Å². The van der Waals surface area contributed by atoms with Gasteiger partial charge in [-0.05, 0) is 17.0 Å². The molecule has 0 saturated carbocycles. The van der Waals surface area contributed by atoms with E-state index in [9.17, 15) is 16.8 Å². The van der Waals surface area contributed by atoms with Gasteiger partial charge in [-0.2, -0.15) is 4.31 Å². The zero-order valence-electron chi connectivity index (χ0n) is 9.57. The molecule has 2 heterocycles. The highest BCUT2D eigenvalue weighted by Gasteiger charge is 2.31. The first kappa shape index (κ1) is 13.9. The first-order valence-corrected chi connectivity index (χ1v) is 9.47. The molecule has 18 heavy (non-hydrogen) atoms. The van der Waals surface area contributed by atoms with Crippen molar-refractivity contribution >= 4 is 31.2 Å². The summed E-state index contributed by atoms with van der Waals surface area (Å²) in [5.74, 6) is -0.220. The maximum atomic E-state index is 12.2. The third kappa shape index (κ3) is 2.75. The molecule has 0 amide bonds. The highest BCUT2D eigenvalue weighted by molar-refractivity contribution is 7.92. The smallest absolute Gasteiger partial charge is 0.252 e. The third-order valence-electron chi connectivity index (χ3n) is 2.76. The van der Waals surface area contributed by atoms with Crippen LogP contribution in [0.1, 0.15) is 5.56 Å². The van der Waals surface area contributed by atoms with Crippen LogP contribution in [0.25, 0.3) is 0 Å². The van der Waals surface area contributed by atoms with E-state index in [0.29, 0.717) is 6.54 Å². The second-order valence-corrected chi connectivity index (χ2v) is 9.41. The summed E-state index contributed by atoms with van der Waals surface area (Å²) in [7, 11) is -6.65. The number of nitrogens with zero attached hydrogens (tertiary/aromatic N) is 1. The summed E-state index contributed by atoms with van der Waals surface area (Å²) >= 11 is 1.12. The normalized spacial score (nSPS) is 20.9. The Kier molecular flexibility index (Phi) is 3.79. The average molecular weight is 310 g/mol. The molecule has 102 valence electrons. The summed E-state index contributed by atoms with van der Waals surface area (Å²) in [6.45, 7) is 0.349. The standard InChI is InChI=1S/C9H14N2O4S3/c10-6-8-5-9(16-7-8)18(14,15)11-1-3-17(12,13)4-2-11/h5,7H,1-4,6,10H2. The van der Waals surface area contributed by atoms with Gasteiger partial charge in [-0.3, -0.25) is 0 Å². The van der Waals surface area contributed by atoms with E-state index in [2.05, 4.69) is 0 Å². The van der Waals surface area contributed by atoms with Gasteiger partial charge < -0.3 is 5.73 Å². The molecule has 2 N–H and O–H groups in total. The van der Waals surface area contributed by atoms with Crippen LogP contribution in [0, 0.1) is 0 Å². The van der Waals surface area contributed by atoms with E-state index in [1.807, 2.05) is 0 Å². The Morgan fingerprint density at radius 3 is 2.44 bits per heavy atom. The molecule has 0 unspecified atom stereocenters. The van der Waals surface area contributed by atoms with Gasteiger partial charge in [0.1, 0.15) is 4.21 Å². The Labute approximate surface area is 110 Å². The fraction of sp³-hybridized carbons (Fsp3) is 0.556. The molecular weight excluding hydrogens is 296 g/mol. The van der Waals surface area contributed by atoms with Gasteiger partial charge in [0.15, 0.2) is 9.84 Å². The van der Waals surface area contributed by atoms with Crippen LogP contribution >= 0.6 is 11.3 Å². The van der Waals surface area contributed by atoms with Crippen molar-refractivity contribution in [2.24, 2.45) is 5.73 Å². The Hall–Kier alpha value is -0.480. The van der Waals surface area contributed by atoms with Crippen LogP contribution in [-0.4, -0.2) is 45.7 Å². The number of hydrogen-bond donors (Lipinski definition) is 1. The van der Waals surface area contributed by atoms with E-state index < -0.39 is 19.9 Å². The van der Waals surface area contributed by atoms with E-state index >= 15 is 0 Å². The van der Waals surface area contributed by atoms with Crippen LogP contribution in [0.4, 0.5) is 0 Å². The van der Waals surface area contributed by atoms with Crippen LogP contribution in [0.15, 0.2) is 15.7 Å². The molecular formula is C9H14N2O4S3. The van der Waals surface area contributed by atoms with Crippen LogP contribution in [0.3, 0.4) is 0 Å². The van der Waals surface area contributed by atoms with Crippen LogP contribution in [-0.2, 0) is 26.4 Å². The zero-order chi connectivity index (χ0) is 13.4.